The maximum Gasteiger partial charge on any atom is 0.267 e. The molecule has 1 N–H and O–H groups in total. The van der Waals surface area contributed by atoms with Gasteiger partial charge >= 0.3 is 0 Å². The summed E-state index contributed by atoms with van der Waals surface area (Å²) in [5, 5.41) is 16.4. The minimum Gasteiger partial charge on any atom is -0.299 e. The van der Waals surface area contributed by atoms with Crippen LogP contribution in [0.15, 0.2) is 10.9 Å². The Morgan fingerprint density at radius 1 is 1.29 bits per heavy atom. The maximum atomic E-state index is 12.2. The number of carbonyl (C=O) groups excluding carboxylic acids is 1. The molecule has 0 aliphatic heterocycles. The highest BCUT2D eigenvalue weighted by Gasteiger charge is 2.15. The summed E-state index contributed by atoms with van der Waals surface area (Å²) in [4.78, 5) is 24.3. The molecule has 1 aliphatic carbocycles. The average molecular weight is 347 g/mol. The molecule has 0 fully saturated rings. The number of anilines is 1. The molecule has 128 valence electrons. The van der Waals surface area contributed by atoms with Crippen LogP contribution in [0.4, 0.5) is 5.13 Å². The van der Waals surface area contributed by atoms with E-state index in [2.05, 4.69) is 27.5 Å². The standard InChI is InChI=1S/C16H21N5O2S/c1-2-6-14-18-19-16(24-14)17-13(22)10-21-15(23)9-11-7-4-3-5-8-12(11)20-21/h9H,2-8,10H2,1H3,(H,17,19,22). The number of nitrogens with zero attached hydrogens (tertiary/aromatic N) is 4. The van der Waals surface area contributed by atoms with Gasteiger partial charge in [-0.05, 0) is 37.7 Å². The Morgan fingerprint density at radius 2 is 2.12 bits per heavy atom. The molecule has 0 bridgehead atoms. The molecule has 1 aliphatic rings. The third-order valence-electron chi connectivity index (χ3n) is 3.99. The lowest BCUT2D eigenvalue weighted by Crippen LogP contribution is -2.30. The zero-order chi connectivity index (χ0) is 16.9. The van der Waals surface area contributed by atoms with Crippen LogP contribution < -0.4 is 10.9 Å². The number of rotatable bonds is 5. The number of aryl methyl sites for hydroxylation is 3. The lowest BCUT2D eigenvalue weighted by molar-refractivity contribution is -0.117. The molecule has 0 atom stereocenters. The van der Waals surface area contributed by atoms with Gasteiger partial charge in [0.1, 0.15) is 11.6 Å². The summed E-state index contributed by atoms with van der Waals surface area (Å²) in [6, 6.07) is 1.63. The Kier molecular flexibility index (Phi) is 5.34. The van der Waals surface area contributed by atoms with E-state index in [4.69, 9.17) is 0 Å². The zero-order valence-electron chi connectivity index (χ0n) is 13.7. The van der Waals surface area contributed by atoms with Crippen LogP contribution in [0.2, 0.25) is 0 Å². The van der Waals surface area contributed by atoms with E-state index in [1.165, 1.54) is 16.0 Å². The second kappa shape index (κ2) is 7.65. The van der Waals surface area contributed by atoms with Crippen molar-refractivity contribution >= 4 is 22.4 Å². The molecule has 0 radical (unpaired) electrons. The monoisotopic (exact) mass is 347 g/mol. The van der Waals surface area contributed by atoms with Crippen molar-refractivity contribution in [2.75, 3.05) is 5.32 Å². The summed E-state index contributed by atoms with van der Waals surface area (Å²) in [5.74, 6) is -0.308. The van der Waals surface area contributed by atoms with E-state index >= 15 is 0 Å². The van der Waals surface area contributed by atoms with Gasteiger partial charge < -0.3 is 0 Å². The smallest absolute Gasteiger partial charge is 0.267 e. The van der Waals surface area contributed by atoms with Crippen molar-refractivity contribution in [2.24, 2.45) is 0 Å². The average Bonchev–Trinajstić information content (AvgIpc) is 2.85. The normalized spacial score (nSPS) is 14.0. The van der Waals surface area contributed by atoms with Crippen molar-refractivity contribution in [1.29, 1.82) is 0 Å². The number of aromatic nitrogens is 4. The SMILES string of the molecule is CCCc1nnc(NC(=O)Cn2nc3c(cc2=O)CCCCC3)s1. The number of fused-ring (bicyclic) bond motifs is 1. The molecular formula is C16H21N5O2S. The van der Waals surface area contributed by atoms with E-state index in [0.29, 0.717) is 5.13 Å². The number of hydrogen-bond acceptors (Lipinski definition) is 6. The predicted molar refractivity (Wildman–Crippen MR) is 92.3 cm³/mol. The molecule has 2 heterocycles. The van der Waals surface area contributed by atoms with Gasteiger partial charge in [-0.2, -0.15) is 5.10 Å². The summed E-state index contributed by atoms with van der Waals surface area (Å²) in [7, 11) is 0. The van der Waals surface area contributed by atoms with Crippen LogP contribution in [-0.4, -0.2) is 25.9 Å². The van der Waals surface area contributed by atoms with Crippen molar-refractivity contribution in [3.63, 3.8) is 0 Å². The quantitative estimate of drug-likeness (QED) is 0.835. The van der Waals surface area contributed by atoms with Crippen LogP contribution in [0, 0.1) is 0 Å². The third kappa shape index (κ3) is 4.05. The van der Waals surface area contributed by atoms with Gasteiger partial charge in [0, 0.05) is 12.5 Å². The van der Waals surface area contributed by atoms with Crippen LogP contribution >= 0.6 is 11.3 Å². The lowest BCUT2D eigenvalue weighted by Gasteiger charge is -2.09. The first-order valence-corrected chi connectivity index (χ1v) is 9.19. The Balaban J connectivity index is 1.69. The van der Waals surface area contributed by atoms with Gasteiger partial charge in [-0.15, -0.1) is 10.2 Å². The van der Waals surface area contributed by atoms with E-state index < -0.39 is 0 Å². The summed E-state index contributed by atoms with van der Waals surface area (Å²) >= 11 is 1.36. The summed E-state index contributed by atoms with van der Waals surface area (Å²) in [6.45, 7) is 1.96. The Morgan fingerprint density at radius 3 is 2.96 bits per heavy atom. The largest absolute Gasteiger partial charge is 0.299 e. The van der Waals surface area contributed by atoms with Crippen molar-refractivity contribution in [3.05, 3.63) is 32.7 Å². The van der Waals surface area contributed by atoms with Gasteiger partial charge in [-0.3, -0.25) is 14.9 Å². The van der Waals surface area contributed by atoms with E-state index in [0.717, 1.165) is 61.2 Å². The van der Waals surface area contributed by atoms with E-state index in [1.54, 1.807) is 6.07 Å². The minimum atomic E-state index is -0.308. The molecule has 0 unspecified atom stereocenters. The highest BCUT2D eigenvalue weighted by Crippen LogP contribution is 2.18. The highest BCUT2D eigenvalue weighted by atomic mass is 32.1. The van der Waals surface area contributed by atoms with Gasteiger partial charge in [-0.1, -0.05) is 24.7 Å². The van der Waals surface area contributed by atoms with Gasteiger partial charge in [0.2, 0.25) is 11.0 Å². The fourth-order valence-corrected chi connectivity index (χ4v) is 3.66. The third-order valence-corrected chi connectivity index (χ3v) is 4.89. The van der Waals surface area contributed by atoms with E-state index in [1.807, 2.05) is 0 Å². The second-order valence-electron chi connectivity index (χ2n) is 5.97. The topological polar surface area (TPSA) is 89.8 Å². The molecule has 2 aromatic rings. The Hall–Kier alpha value is -2.09. The van der Waals surface area contributed by atoms with E-state index in [9.17, 15) is 9.59 Å². The first-order chi connectivity index (χ1) is 11.7. The van der Waals surface area contributed by atoms with Crippen molar-refractivity contribution in [2.45, 2.75) is 58.4 Å². The number of amides is 1. The van der Waals surface area contributed by atoms with Crippen LogP contribution in [0.5, 0.6) is 0 Å². The van der Waals surface area contributed by atoms with Crippen LogP contribution in [0.1, 0.15) is 48.9 Å². The van der Waals surface area contributed by atoms with Gasteiger partial charge in [0.05, 0.1) is 5.69 Å². The summed E-state index contributed by atoms with van der Waals surface area (Å²) < 4.78 is 1.24. The number of hydrogen-bond donors (Lipinski definition) is 1. The van der Waals surface area contributed by atoms with Crippen molar-refractivity contribution < 1.29 is 4.79 Å². The lowest BCUT2D eigenvalue weighted by atomic mass is 10.1. The highest BCUT2D eigenvalue weighted by molar-refractivity contribution is 7.15. The fourth-order valence-electron chi connectivity index (χ4n) is 2.80. The fraction of sp³-hybridized carbons (Fsp3) is 0.562. The first-order valence-electron chi connectivity index (χ1n) is 8.38. The molecule has 0 spiro atoms. The molecule has 24 heavy (non-hydrogen) atoms. The molecule has 2 aromatic heterocycles. The molecule has 0 aromatic carbocycles. The van der Waals surface area contributed by atoms with Gasteiger partial charge in [0.15, 0.2) is 0 Å². The second-order valence-corrected chi connectivity index (χ2v) is 7.03. The summed E-state index contributed by atoms with van der Waals surface area (Å²) in [5.41, 5.74) is 1.75. The predicted octanol–water partition coefficient (Wildman–Crippen LogP) is 1.95. The van der Waals surface area contributed by atoms with Gasteiger partial charge in [0.25, 0.3) is 5.56 Å². The first kappa shape index (κ1) is 16.8. The molecule has 3 rings (SSSR count). The molecule has 0 saturated carbocycles. The summed E-state index contributed by atoms with van der Waals surface area (Å²) in [6.07, 6.45) is 6.92. The van der Waals surface area contributed by atoms with Crippen LogP contribution in [0.25, 0.3) is 0 Å². The number of nitrogens with one attached hydrogen (secondary N) is 1. The van der Waals surface area contributed by atoms with Gasteiger partial charge in [-0.25, -0.2) is 4.68 Å². The molecule has 7 nitrogen and oxygen atoms in total. The Labute approximate surface area is 144 Å². The molecule has 8 heteroatoms. The van der Waals surface area contributed by atoms with Crippen LogP contribution in [0.3, 0.4) is 0 Å². The maximum absolute atomic E-state index is 12.2. The molecular weight excluding hydrogens is 326 g/mol. The molecule has 1 amide bonds. The molecule has 0 saturated heterocycles. The van der Waals surface area contributed by atoms with Crippen LogP contribution in [-0.2, 0) is 30.6 Å². The minimum absolute atomic E-state index is 0.102. The number of carbonyl (C=O) groups is 1. The van der Waals surface area contributed by atoms with Crippen molar-refractivity contribution in [1.82, 2.24) is 20.0 Å². The van der Waals surface area contributed by atoms with E-state index in [-0.39, 0.29) is 18.0 Å². The van der Waals surface area contributed by atoms with Crippen molar-refractivity contribution in [3.8, 4) is 0 Å². The Bertz CT molecular complexity index is 783. The zero-order valence-corrected chi connectivity index (χ0v) is 14.6.